The van der Waals surface area contributed by atoms with E-state index in [1.54, 1.807) is 12.1 Å². The number of alkyl halides is 3. The van der Waals surface area contributed by atoms with Gasteiger partial charge in [0.1, 0.15) is 5.75 Å². The maximum atomic E-state index is 13.1. The molecule has 3 rings (SSSR count). The van der Waals surface area contributed by atoms with Crippen LogP contribution in [-0.2, 0) is 6.18 Å². The minimum absolute atomic E-state index is 0.0216. The molecule has 8 heteroatoms. The average Bonchev–Trinajstić information content (AvgIpc) is 3.10. The lowest BCUT2D eigenvalue weighted by molar-refractivity contribution is -0.137. The molecule has 3 nitrogen and oxygen atoms in total. The summed E-state index contributed by atoms with van der Waals surface area (Å²) in [6.45, 7) is 1.59. The molecular weight excluding hydrogens is 477 g/mol. The normalized spacial score (nSPS) is 15.2. The third kappa shape index (κ3) is 4.23. The van der Waals surface area contributed by atoms with Crippen molar-refractivity contribution in [1.82, 2.24) is 0 Å². The van der Waals surface area contributed by atoms with Crippen LogP contribution in [0.3, 0.4) is 0 Å². The van der Waals surface area contributed by atoms with Gasteiger partial charge in [0.2, 0.25) is 0 Å². The summed E-state index contributed by atoms with van der Waals surface area (Å²) in [5.74, 6) is -0.0216. The van der Waals surface area contributed by atoms with Gasteiger partial charge in [0.25, 0.3) is 0 Å². The predicted octanol–water partition coefficient (Wildman–Crippen LogP) is 6.29. The topological polar surface area (TPSA) is 35.8 Å². The molecule has 0 radical (unpaired) electrons. The van der Waals surface area contributed by atoms with Gasteiger partial charge in [0.05, 0.1) is 21.4 Å². The smallest absolute Gasteiger partial charge is 0.416 e. The highest BCUT2D eigenvalue weighted by molar-refractivity contribution is 9.11. The highest BCUT2D eigenvalue weighted by Crippen LogP contribution is 2.38. The Morgan fingerprint density at radius 2 is 1.77 bits per heavy atom. The summed E-state index contributed by atoms with van der Waals surface area (Å²) >= 11 is 6.55. The van der Waals surface area contributed by atoms with E-state index in [2.05, 4.69) is 36.9 Å². The zero-order chi connectivity index (χ0) is 18.9. The number of hydrogen-bond donors (Lipinski definition) is 1. The van der Waals surface area contributed by atoms with E-state index >= 15 is 0 Å². The monoisotopic (exact) mass is 490 g/mol. The van der Waals surface area contributed by atoms with Crippen molar-refractivity contribution in [2.75, 3.05) is 18.0 Å². The number of halogens is 5. The van der Waals surface area contributed by atoms with E-state index in [-0.39, 0.29) is 11.4 Å². The van der Waals surface area contributed by atoms with E-state index < -0.39 is 11.7 Å². The molecule has 1 heterocycles. The number of phenolic OH excluding ortho intramolecular Hbond substituents is 1. The molecule has 26 heavy (non-hydrogen) atoms. The van der Waals surface area contributed by atoms with Gasteiger partial charge in [-0.15, -0.1) is 0 Å². The summed E-state index contributed by atoms with van der Waals surface area (Å²) in [5, 5.41) is 10.1. The molecule has 0 atom stereocenters. The van der Waals surface area contributed by atoms with Gasteiger partial charge in [-0.3, -0.25) is 4.99 Å². The summed E-state index contributed by atoms with van der Waals surface area (Å²) in [6.07, 6.45) is -1.05. The van der Waals surface area contributed by atoms with Crippen molar-refractivity contribution < 1.29 is 18.3 Å². The van der Waals surface area contributed by atoms with Crippen molar-refractivity contribution >= 4 is 49.4 Å². The average molecular weight is 492 g/mol. The van der Waals surface area contributed by atoms with Crippen molar-refractivity contribution in [2.45, 2.75) is 19.0 Å². The molecule has 0 bridgehead atoms. The Balaban J connectivity index is 2.04. The van der Waals surface area contributed by atoms with E-state index in [1.807, 2.05) is 4.90 Å². The first-order chi connectivity index (χ1) is 12.3. The third-order valence-corrected chi connectivity index (χ3v) is 5.21. The number of aliphatic imine (C=N–C) groups is 1. The van der Waals surface area contributed by atoms with Crippen LogP contribution in [0.2, 0.25) is 0 Å². The second-order valence-corrected chi connectivity index (χ2v) is 7.75. The first-order valence-electron chi connectivity index (χ1n) is 7.94. The standard InChI is InChI=1S/C18H15Br2F3N2O/c19-13-7-11(17(26)14(20)9-13)10-24-15-8-12(18(21,22)23)3-4-16(15)25-5-1-2-6-25/h3-4,7-10,26H,1-2,5-6H2. The van der Waals surface area contributed by atoms with Gasteiger partial charge in [-0.2, -0.15) is 13.2 Å². The zero-order valence-corrected chi connectivity index (χ0v) is 16.7. The molecule has 2 aromatic carbocycles. The van der Waals surface area contributed by atoms with Crippen LogP contribution in [0.25, 0.3) is 0 Å². The summed E-state index contributed by atoms with van der Waals surface area (Å²) in [7, 11) is 0. The van der Waals surface area contributed by atoms with Gasteiger partial charge < -0.3 is 10.0 Å². The summed E-state index contributed by atoms with van der Waals surface area (Å²) in [5.41, 5.74) is 0.556. The minimum Gasteiger partial charge on any atom is -0.506 e. The Kier molecular flexibility index (Phi) is 5.62. The summed E-state index contributed by atoms with van der Waals surface area (Å²) in [6, 6.07) is 6.92. The lowest BCUT2D eigenvalue weighted by Crippen LogP contribution is -2.18. The number of benzene rings is 2. The molecule has 0 aromatic heterocycles. The fourth-order valence-corrected chi connectivity index (χ4v) is 4.11. The van der Waals surface area contributed by atoms with Crippen molar-refractivity contribution in [3.8, 4) is 5.75 Å². The number of anilines is 1. The van der Waals surface area contributed by atoms with Crippen LogP contribution in [0.15, 0.2) is 44.3 Å². The maximum absolute atomic E-state index is 13.1. The molecule has 1 N–H and O–H groups in total. The highest BCUT2D eigenvalue weighted by atomic mass is 79.9. The zero-order valence-electron chi connectivity index (χ0n) is 13.5. The van der Waals surface area contributed by atoms with E-state index in [0.717, 1.165) is 38.1 Å². The molecule has 0 amide bonds. The first-order valence-corrected chi connectivity index (χ1v) is 9.52. The van der Waals surface area contributed by atoms with Gasteiger partial charge in [0.15, 0.2) is 0 Å². The third-order valence-electron chi connectivity index (χ3n) is 4.15. The highest BCUT2D eigenvalue weighted by Gasteiger charge is 2.31. The number of rotatable bonds is 3. The molecule has 1 saturated heterocycles. The quantitative estimate of drug-likeness (QED) is 0.512. The molecule has 1 aliphatic heterocycles. The molecule has 0 unspecified atom stereocenters. The van der Waals surface area contributed by atoms with Crippen LogP contribution in [0.4, 0.5) is 24.5 Å². The number of phenols is 1. The van der Waals surface area contributed by atoms with Gasteiger partial charge in [-0.25, -0.2) is 0 Å². The Hall–Kier alpha value is -1.54. The molecule has 0 spiro atoms. The minimum atomic E-state index is -4.44. The molecule has 138 valence electrons. The van der Waals surface area contributed by atoms with Crippen molar-refractivity contribution in [2.24, 2.45) is 4.99 Å². The maximum Gasteiger partial charge on any atom is 0.416 e. The van der Waals surface area contributed by atoms with E-state index in [4.69, 9.17) is 0 Å². The van der Waals surface area contributed by atoms with Crippen LogP contribution in [0.1, 0.15) is 24.0 Å². The van der Waals surface area contributed by atoms with Crippen LogP contribution < -0.4 is 4.90 Å². The van der Waals surface area contributed by atoms with E-state index in [1.165, 1.54) is 12.3 Å². The SMILES string of the molecule is Oc1c(Br)cc(Br)cc1C=Nc1cc(C(F)(F)F)ccc1N1CCCC1. The lowest BCUT2D eigenvalue weighted by Gasteiger charge is -2.20. The Labute approximate surface area is 165 Å². The largest absolute Gasteiger partial charge is 0.506 e. The van der Waals surface area contributed by atoms with Crippen LogP contribution >= 0.6 is 31.9 Å². The molecule has 0 aliphatic carbocycles. The molecule has 0 saturated carbocycles. The van der Waals surface area contributed by atoms with Gasteiger partial charge in [0, 0.05) is 29.3 Å². The Morgan fingerprint density at radius 3 is 2.42 bits per heavy atom. The predicted molar refractivity (Wildman–Crippen MR) is 104 cm³/mol. The van der Waals surface area contributed by atoms with Crippen LogP contribution in [0, 0.1) is 0 Å². The van der Waals surface area contributed by atoms with Crippen molar-refractivity contribution in [3.05, 3.63) is 50.4 Å². The second-order valence-electron chi connectivity index (χ2n) is 5.98. The molecule has 1 fully saturated rings. The Morgan fingerprint density at radius 1 is 1.08 bits per heavy atom. The number of aromatic hydroxyl groups is 1. The van der Waals surface area contributed by atoms with Crippen molar-refractivity contribution in [3.63, 3.8) is 0 Å². The summed E-state index contributed by atoms with van der Waals surface area (Å²) in [4.78, 5) is 6.30. The van der Waals surface area contributed by atoms with Crippen LogP contribution in [0.5, 0.6) is 5.75 Å². The fraction of sp³-hybridized carbons (Fsp3) is 0.278. The van der Waals surface area contributed by atoms with Crippen LogP contribution in [-0.4, -0.2) is 24.4 Å². The van der Waals surface area contributed by atoms with E-state index in [9.17, 15) is 18.3 Å². The first kappa shape index (κ1) is 19.2. The van der Waals surface area contributed by atoms with E-state index in [0.29, 0.717) is 20.2 Å². The molecule has 2 aromatic rings. The van der Waals surface area contributed by atoms with Gasteiger partial charge in [-0.1, -0.05) is 15.9 Å². The lowest BCUT2D eigenvalue weighted by atomic mass is 10.1. The number of nitrogens with zero attached hydrogens (tertiary/aromatic N) is 2. The molecular formula is C18H15Br2F3N2O. The van der Waals surface area contributed by atoms with Gasteiger partial charge >= 0.3 is 6.18 Å². The Bertz CT molecular complexity index is 847. The van der Waals surface area contributed by atoms with Crippen molar-refractivity contribution in [1.29, 1.82) is 0 Å². The fourth-order valence-electron chi connectivity index (χ4n) is 2.85. The molecule has 1 aliphatic rings. The summed E-state index contributed by atoms with van der Waals surface area (Å²) < 4.78 is 40.5. The number of hydrogen-bond acceptors (Lipinski definition) is 3. The second kappa shape index (κ2) is 7.60. The van der Waals surface area contributed by atoms with Gasteiger partial charge in [-0.05, 0) is 59.1 Å².